The molecule has 1 saturated carbocycles. The molecule has 116 valence electrons. The lowest BCUT2D eigenvalue weighted by atomic mass is 9.76. The van der Waals surface area contributed by atoms with Gasteiger partial charge in [0.2, 0.25) is 5.91 Å². The Morgan fingerprint density at radius 3 is 2.62 bits per heavy atom. The fourth-order valence-corrected chi connectivity index (χ4v) is 3.68. The van der Waals surface area contributed by atoms with Gasteiger partial charge in [0.15, 0.2) is 0 Å². The summed E-state index contributed by atoms with van der Waals surface area (Å²) in [5.41, 5.74) is 8.40. The number of amides is 1. The molecule has 2 atom stereocenters. The SMILES string of the molecule is Cl.NCC(NC(=O)C1Cc2ccccc21)C1CCCCC1. The van der Waals surface area contributed by atoms with E-state index in [9.17, 15) is 4.79 Å². The number of halogens is 1. The summed E-state index contributed by atoms with van der Waals surface area (Å²) in [4.78, 5) is 12.4. The van der Waals surface area contributed by atoms with Crippen molar-refractivity contribution >= 4 is 18.3 Å². The summed E-state index contributed by atoms with van der Waals surface area (Å²) in [6.45, 7) is 0.560. The van der Waals surface area contributed by atoms with Crippen LogP contribution >= 0.6 is 12.4 Å². The summed E-state index contributed by atoms with van der Waals surface area (Å²) in [7, 11) is 0. The van der Waals surface area contributed by atoms with Crippen LogP contribution in [0.4, 0.5) is 0 Å². The summed E-state index contributed by atoms with van der Waals surface area (Å²) >= 11 is 0. The van der Waals surface area contributed by atoms with Crippen LogP contribution in [0, 0.1) is 5.92 Å². The number of nitrogens with two attached hydrogens (primary N) is 1. The van der Waals surface area contributed by atoms with Crippen LogP contribution in [0.1, 0.15) is 49.1 Å². The Bertz CT molecular complexity index is 485. The summed E-state index contributed by atoms with van der Waals surface area (Å²) < 4.78 is 0. The Labute approximate surface area is 133 Å². The Hall–Kier alpha value is -1.06. The first-order valence-corrected chi connectivity index (χ1v) is 7.88. The smallest absolute Gasteiger partial charge is 0.228 e. The van der Waals surface area contributed by atoms with Crippen LogP contribution in [0.2, 0.25) is 0 Å². The molecule has 1 amide bonds. The Kier molecular flexibility index (Phi) is 5.65. The molecule has 0 aliphatic heterocycles. The standard InChI is InChI=1S/C17H24N2O.ClH/c18-11-16(12-6-2-1-3-7-12)19-17(20)15-10-13-8-4-5-9-14(13)15;/h4-5,8-9,12,15-16H,1-3,6-7,10-11,18H2,(H,19,20);1H. The van der Waals surface area contributed by atoms with Gasteiger partial charge in [-0.05, 0) is 36.3 Å². The highest BCUT2D eigenvalue weighted by Crippen LogP contribution is 2.35. The predicted octanol–water partition coefficient (Wildman–Crippen LogP) is 2.77. The zero-order chi connectivity index (χ0) is 13.9. The van der Waals surface area contributed by atoms with Crippen molar-refractivity contribution in [2.75, 3.05) is 6.54 Å². The molecule has 1 aromatic carbocycles. The van der Waals surface area contributed by atoms with E-state index in [2.05, 4.69) is 17.4 Å². The summed E-state index contributed by atoms with van der Waals surface area (Å²) in [6, 6.07) is 8.40. The van der Waals surface area contributed by atoms with Gasteiger partial charge in [0, 0.05) is 12.6 Å². The van der Waals surface area contributed by atoms with E-state index >= 15 is 0 Å². The quantitative estimate of drug-likeness (QED) is 0.898. The third-order valence-corrected chi connectivity index (χ3v) is 4.97. The maximum absolute atomic E-state index is 12.4. The molecule has 0 spiro atoms. The maximum atomic E-state index is 12.4. The first kappa shape index (κ1) is 16.3. The monoisotopic (exact) mass is 308 g/mol. The normalized spacial score (nSPS) is 22.4. The minimum absolute atomic E-state index is 0. The lowest BCUT2D eigenvalue weighted by Crippen LogP contribution is -2.48. The second-order valence-electron chi connectivity index (χ2n) is 6.20. The molecule has 3 N–H and O–H groups in total. The molecule has 3 nitrogen and oxygen atoms in total. The van der Waals surface area contributed by atoms with E-state index < -0.39 is 0 Å². The molecule has 2 unspecified atom stereocenters. The van der Waals surface area contributed by atoms with Crippen molar-refractivity contribution in [2.24, 2.45) is 11.7 Å². The Morgan fingerprint density at radius 1 is 1.24 bits per heavy atom. The lowest BCUT2D eigenvalue weighted by Gasteiger charge is -2.34. The van der Waals surface area contributed by atoms with Crippen molar-refractivity contribution in [3.05, 3.63) is 35.4 Å². The molecule has 3 rings (SSSR count). The maximum Gasteiger partial charge on any atom is 0.228 e. The first-order valence-electron chi connectivity index (χ1n) is 7.88. The first-order chi connectivity index (χ1) is 9.79. The third-order valence-electron chi connectivity index (χ3n) is 4.97. The van der Waals surface area contributed by atoms with Gasteiger partial charge in [-0.3, -0.25) is 4.79 Å². The van der Waals surface area contributed by atoms with Crippen LogP contribution in [0.15, 0.2) is 24.3 Å². The van der Waals surface area contributed by atoms with Crippen LogP contribution < -0.4 is 11.1 Å². The van der Waals surface area contributed by atoms with Crippen molar-refractivity contribution < 1.29 is 4.79 Å². The molecule has 1 aromatic rings. The molecular weight excluding hydrogens is 284 g/mol. The highest BCUT2D eigenvalue weighted by molar-refractivity contribution is 5.87. The Balaban J connectivity index is 0.00000161. The van der Waals surface area contributed by atoms with Crippen molar-refractivity contribution in [3.63, 3.8) is 0 Å². The second-order valence-corrected chi connectivity index (χ2v) is 6.20. The molecule has 2 aliphatic carbocycles. The predicted molar refractivity (Wildman–Crippen MR) is 87.7 cm³/mol. The second kappa shape index (κ2) is 7.28. The number of carbonyl (C=O) groups excluding carboxylic acids is 1. The van der Waals surface area contributed by atoms with Gasteiger partial charge in [-0.1, -0.05) is 43.5 Å². The average Bonchev–Trinajstić information content (AvgIpc) is 2.47. The summed E-state index contributed by atoms with van der Waals surface area (Å²) in [5.74, 6) is 0.793. The molecule has 2 aliphatic rings. The van der Waals surface area contributed by atoms with E-state index in [0.29, 0.717) is 12.5 Å². The largest absolute Gasteiger partial charge is 0.351 e. The fraction of sp³-hybridized carbons (Fsp3) is 0.588. The van der Waals surface area contributed by atoms with Crippen LogP contribution in [0.25, 0.3) is 0 Å². The molecule has 0 aromatic heterocycles. The average molecular weight is 309 g/mol. The summed E-state index contributed by atoms with van der Waals surface area (Å²) in [6.07, 6.45) is 7.20. The van der Waals surface area contributed by atoms with Crippen LogP contribution in [0.5, 0.6) is 0 Å². The van der Waals surface area contributed by atoms with Gasteiger partial charge < -0.3 is 11.1 Å². The summed E-state index contributed by atoms with van der Waals surface area (Å²) in [5, 5.41) is 3.22. The van der Waals surface area contributed by atoms with Crippen molar-refractivity contribution in [3.8, 4) is 0 Å². The number of hydrogen-bond acceptors (Lipinski definition) is 2. The van der Waals surface area contributed by atoms with Crippen LogP contribution in [-0.2, 0) is 11.2 Å². The zero-order valence-electron chi connectivity index (χ0n) is 12.4. The fourth-order valence-electron chi connectivity index (χ4n) is 3.68. The molecule has 4 heteroatoms. The van der Waals surface area contributed by atoms with Gasteiger partial charge in [0.25, 0.3) is 0 Å². The highest BCUT2D eigenvalue weighted by Gasteiger charge is 2.34. The number of rotatable bonds is 4. The van der Waals surface area contributed by atoms with E-state index in [4.69, 9.17) is 5.73 Å². The highest BCUT2D eigenvalue weighted by atomic mass is 35.5. The van der Waals surface area contributed by atoms with Gasteiger partial charge in [-0.2, -0.15) is 0 Å². The van der Waals surface area contributed by atoms with E-state index in [1.807, 2.05) is 12.1 Å². The lowest BCUT2D eigenvalue weighted by molar-refractivity contribution is -0.124. The topological polar surface area (TPSA) is 55.1 Å². The number of fused-ring (bicyclic) bond motifs is 1. The molecule has 0 heterocycles. The van der Waals surface area contributed by atoms with Gasteiger partial charge in [-0.25, -0.2) is 0 Å². The van der Waals surface area contributed by atoms with Crippen molar-refractivity contribution in [1.29, 1.82) is 0 Å². The van der Waals surface area contributed by atoms with Gasteiger partial charge in [0.05, 0.1) is 5.92 Å². The minimum Gasteiger partial charge on any atom is -0.351 e. The Morgan fingerprint density at radius 2 is 1.95 bits per heavy atom. The number of hydrogen-bond donors (Lipinski definition) is 2. The van der Waals surface area contributed by atoms with E-state index in [-0.39, 0.29) is 30.3 Å². The van der Waals surface area contributed by atoms with Crippen molar-refractivity contribution in [1.82, 2.24) is 5.32 Å². The molecule has 0 radical (unpaired) electrons. The zero-order valence-corrected chi connectivity index (χ0v) is 13.2. The van der Waals surface area contributed by atoms with Gasteiger partial charge in [0.1, 0.15) is 0 Å². The minimum atomic E-state index is 0. The van der Waals surface area contributed by atoms with E-state index in [0.717, 1.165) is 6.42 Å². The van der Waals surface area contributed by atoms with Crippen LogP contribution in [0.3, 0.4) is 0 Å². The van der Waals surface area contributed by atoms with Crippen molar-refractivity contribution in [2.45, 2.75) is 50.5 Å². The number of carbonyl (C=O) groups is 1. The third kappa shape index (κ3) is 3.41. The van der Waals surface area contributed by atoms with Gasteiger partial charge >= 0.3 is 0 Å². The molecule has 0 bridgehead atoms. The number of benzene rings is 1. The molecule has 1 fully saturated rings. The molecule has 21 heavy (non-hydrogen) atoms. The van der Waals surface area contributed by atoms with Crippen LogP contribution in [-0.4, -0.2) is 18.5 Å². The van der Waals surface area contributed by atoms with E-state index in [1.165, 1.54) is 43.2 Å². The van der Waals surface area contributed by atoms with Gasteiger partial charge in [-0.15, -0.1) is 12.4 Å². The number of nitrogens with one attached hydrogen (secondary N) is 1. The van der Waals surface area contributed by atoms with E-state index in [1.54, 1.807) is 0 Å². The molecular formula is C17H25ClN2O. The molecule has 0 saturated heterocycles.